The molecule has 0 aliphatic heterocycles. The van der Waals surface area contributed by atoms with Crippen LogP contribution in [0.3, 0.4) is 0 Å². The van der Waals surface area contributed by atoms with Crippen molar-refractivity contribution >= 4 is 23.4 Å². The summed E-state index contributed by atoms with van der Waals surface area (Å²) in [6, 6.07) is 13.4. The van der Waals surface area contributed by atoms with Gasteiger partial charge in [0.1, 0.15) is 0 Å². The lowest BCUT2D eigenvalue weighted by atomic mass is 10.1. The molecule has 2 rings (SSSR count). The van der Waals surface area contributed by atoms with E-state index in [9.17, 15) is 9.59 Å². The van der Waals surface area contributed by atoms with Gasteiger partial charge in [0.2, 0.25) is 5.91 Å². The molecule has 2 aromatic carbocycles. The number of hydrogen-bond acceptors (Lipinski definition) is 2. The first-order chi connectivity index (χ1) is 9.56. The maximum atomic E-state index is 11.9. The Hall–Kier alpha value is -2.33. The summed E-state index contributed by atoms with van der Waals surface area (Å²) >= 11 is 5.76. The Bertz CT molecular complexity index is 639. The Morgan fingerprint density at radius 2 is 1.75 bits per heavy atom. The van der Waals surface area contributed by atoms with Crippen molar-refractivity contribution in [2.24, 2.45) is 5.73 Å². The van der Waals surface area contributed by atoms with Crippen LogP contribution >= 0.6 is 11.6 Å². The smallest absolute Gasteiger partial charge is 0.251 e. The molecule has 0 heterocycles. The molecule has 4 nitrogen and oxygen atoms in total. The Labute approximate surface area is 121 Å². The fraction of sp³-hybridized carbons (Fsp3) is 0.0667. The molecule has 102 valence electrons. The molecule has 0 aliphatic rings. The summed E-state index contributed by atoms with van der Waals surface area (Å²) in [4.78, 5) is 23.0. The first-order valence-corrected chi connectivity index (χ1v) is 6.36. The molecule has 0 saturated carbocycles. The first kappa shape index (κ1) is 14.1. The van der Waals surface area contributed by atoms with Gasteiger partial charge in [-0.05, 0) is 42.0 Å². The highest BCUT2D eigenvalue weighted by atomic mass is 35.5. The molecule has 0 spiro atoms. The number of nitrogens with two attached hydrogens (primary N) is 1. The summed E-state index contributed by atoms with van der Waals surface area (Å²) in [6.07, 6.45) is 0. The van der Waals surface area contributed by atoms with Gasteiger partial charge in [-0.2, -0.15) is 0 Å². The number of amides is 2. The molecule has 0 fully saturated rings. The van der Waals surface area contributed by atoms with E-state index in [1.165, 1.54) is 0 Å². The van der Waals surface area contributed by atoms with Gasteiger partial charge < -0.3 is 11.1 Å². The van der Waals surface area contributed by atoms with E-state index in [1.807, 2.05) is 6.07 Å². The monoisotopic (exact) mass is 288 g/mol. The maximum Gasteiger partial charge on any atom is 0.251 e. The Kier molecular flexibility index (Phi) is 4.38. The zero-order chi connectivity index (χ0) is 14.5. The van der Waals surface area contributed by atoms with Crippen molar-refractivity contribution in [2.45, 2.75) is 6.54 Å². The molecule has 0 unspecified atom stereocenters. The molecule has 0 radical (unpaired) electrons. The highest BCUT2D eigenvalue weighted by molar-refractivity contribution is 6.30. The van der Waals surface area contributed by atoms with Crippen LogP contribution in [0.2, 0.25) is 5.02 Å². The van der Waals surface area contributed by atoms with Gasteiger partial charge in [0.25, 0.3) is 5.91 Å². The lowest BCUT2D eigenvalue weighted by Crippen LogP contribution is -2.23. The average molecular weight is 289 g/mol. The van der Waals surface area contributed by atoms with Crippen LogP contribution in [-0.4, -0.2) is 11.8 Å². The lowest BCUT2D eigenvalue weighted by molar-refractivity contribution is 0.0950. The minimum atomic E-state index is -0.490. The highest BCUT2D eigenvalue weighted by Gasteiger charge is 2.06. The molecule has 3 N–H and O–H groups in total. The number of nitrogens with one attached hydrogen (secondary N) is 1. The number of hydrogen-bond donors (Lipinski definition) is 2. The summed E-state index contributed by atoms with van der Waals surface area (Å²) < 4.78 is 0. The quantitative estimate of drug-likeness (QED) is 0.906. The van der Waals surface area contributed by atoms with E-state index >= 15 is 0 Å². The first-order valence-electron chi connectivity index (χ1n) is 5.99. The molecule has 0 aromatic heterocycles. The second kappa shape index (κ2) is 6.21. The summed E-state index contributed by atoms with van der Waals surface area (Å²) in [5.41, 5.74) is 6.96. The highest BCUT2D eigenvalue weighted by Crippen LogP contribution is 2.10. The standard InChI is InChI=1S/C15H13ClN2O2/c16-13-6-4-11(5-7-13)15(20)18-9-10-2-1-3-12(8-10)14(17)19/h1-8H,9H2,(H2,17,19)(H,18,20). The molecule has 0 atom stereocenters. The van der Waals surface area contributed by atoms with Gasteiger partial charge in [0.15, 0.2) is 0 Å². The SMILES string of the molecule is NC(=O)c1cccc(CNC(=O)c2ccc(Cl)cc2)c1. The number of carbonyl (C=O) groups is 2. The van der Waals surface area contributed by atoms with Gasteiger partial charge in [-0.15, -0.1) is 0 Å². The van der Waals surface area contributed by atoms with Gasteiger partial charge in [0.05, 0.1) is 0 Å². The van der Waals surface area contributed by atoms with E-state index in [0.29, 0.717) is 22.7 Å². The van der Waals surface area contributed by atoms with Crippen molar-refractivity contribution in [3.63, 3.8) is 0 Å². The molecule has 0 aliphatic carbocycles. The molecule has 0 bridgehead atoms. The van der Waals surface area contributed by atoms with Crippen LogP contribution in [0.4, 0.5) is 0 Å². The summed E-state index contributed by atoms with van der Waals surface area (Å²) in [7, 11) is 0. The second-order valence-corrected chi connectivity index (χ2v) is 4.69. The molecule has 0 saturated heterocycles. The van der Waals surface area contributed by atoms with Gasteiger partial charge in [-0.3, -0.25) is 9.59 Å². The van der Waals surface area contributed by atoms with Gasteiger partial charge in [0, 0.05) is 22.7 Å². The van der Waals surface area contributed by atoms with E-state index in [4.69, 9.17) is 17.3 Å². The van der Waals surface area contributed by atoms with Crippen molar-refractivity contribution in [2.75, 3.05) is 0 Å². The zero-order valence-electron chi connectivity index (χ0n) is 10.6. The third-order valence-corrected chi connectivity index (χ3v) is 3.02. The minimum Gasteiger partial charge on any atom is -0.366 e. The number of primary amides is 1. The third-order valence-electron chi connectivity index (χ3n) is 2.77. The fourth-order valence-electron chi connectivity index (χ4n) is 1.72. The van der Waals surface area contributed by atoms with Crippen molar-refractivity contribution < 1.29 is 9.59 Å². The molecule has 2 amide bonds. The molecule has 2 aromatic rings. The summed E-state index contributed by atoms with van der Waals surface area (Å²) in [5, 5.41) is 3.35. The topological polar surface area (TPSA) is 72.2 Å². The van der Waals surface area contributed by atoms with E-state index in [-0.39, 0.29) is 5.91 Å². The minimum absolute atomic E-state index is 0.203. The van der Waals surface area contributed by atoms with Crippen LogP contribution in [0.25, 0.3) is 0 Å². The van der Waals surface area contributed by atoms with E-state index < -0.39 is 5.91 Å². The molecular formula is C15H13ClN2O2. The van der Waals surface area contributed by atoms with Crippen LogP contribution < -0.4 is 11.1 Å². The van der Waals surface area contributed by atoms with Crippen molar-refractivity contribution in [3.8, 4) is 0 Å². The van der Waals surface area contributed by atoms with E-state index in [1.54, 1.807) is 42.5 Å². The number of rotatable bonds is 4. The van der Waals surface area contributed by atoms with E-state index in [2.05, 4.69) is 5.32 Å². The summed E-state index contributed by atoms with van der Waals surface area (Å²) in [5.74, 6) is -0.693. The molecule has 20 heavy (non-hydrogen) atoms. The van der Waals surface area contributed by atoms with Crippen LogP contribution in [0.5, 0.6) is 0 Å². The van der Waals surface area contributed by atoms with Crippen molar-refractivity contribution in [1.82, 2.24) is 5.32 Å². The number of halogens is 1. The third kappa shape index (κ3) is 3.59. The van der Waals surface area contributed by atoms with Crippen LogP contribution in [-0.2, 0) is 6.54 Å². The van der Waals surface area contributed by atoms with Gasteiger partial charge in [-0.1, -0.05) is 23.7 Å². The van der Waals surface area contributed by atoms with Gasteiger partial charge >= 0.3 is 0 Å². The van der Waals surface area contributed by atoms with Gasteiger partial charge in [-0.25, -0.2) is 0 Å². The lowest BCUT2D eigenvalue weighted by Gasteiger charge is -2.06. The second-order valence-electron chi connectivity index (χ2n) is 4.25. The Balaban J connectivity index is 2.01. The zero-order valence-corrected chi connectivity index (χ0v) is 11.4. The predicted molar refractivity (Wildman–Crippen MR) is 77.6 cm³/mol. The largest absolute Gasteiger partial charge is 0.366 e. The van der Waals surface area contributed by atoms with Crippen LogP contribution in [0.15, 0.2) is 48.5 Å². The molecular weight excluding hydrogens is 276 g/mol. The van der Waals surface area contributed by atoms with Crippen molar-refractivity contribution in [1.29, 1.82) is 0 Å². The van der Waals surface area contributed by atoms with Crippen LogP contribution in [0, 0.1) is 0 Å². The Morgan fingerprint density at radius 1 is 1.05 bits per heavy atom. The average Bonchev–Trinajstić information content (AvgIpc) is 2.46. The number of carbonyl (C=O) groups excluding carboxylic acids is 2. The predicted octanol–water partition coefficient (Wildman–Crippen LogP) is 2.37. The van der Waals surface area contributed by atoms with Crippen LogP contribution in [0.1, 0.15) is 26.3 Å². The fourth-order valence-corrected chi connectivity index (χ4v) is 1.85. The number of benzene rings is 2. The maximum absolute atomic E-state index is 11.9. The normalized spacial score (nSPS) is 10.1. The molecule has 5 heteroatoms. The Morgan fingerprint density at radius 3 is 2.40 bits per heavy atom. The summed E-state index contributed by atoms with van der Waals surface area (Å²) in [6.45, 7) is 0.322. The van der Waals surface area contributed by atoms with Crippen molar-refractivity contribution in [3.05, 3.63) is 70.2 Å². The van der Waals surface area contributed by atoms with E-state index in [0.717, 1.165) is 5.56 Å².